The zero-order valence-corrected chi connectivity index (χ0v) is 13.0. The van der Waals surface area contributed by atoms with Crippen molar-refractivity contribution in [3.05, 3.63) is 35.4 Å². The molecule has 1 nitrogen and oxygen atoms in total. The Morgan fingerprint density at radius 1 is 1.11 bits per heavy atom. The van der Waals surface area contributed by atoms with Crippen LogP contribution in [-0.4, -0.2) is 6.54 Å². The molecule has 1 heteroatoms. The minimum atomic E-state index is 0.470. The second kappa shape index (κ2) is 6.09. The minimum Gasteiger partial charge on any atom is -0.310 e. The van der Waals surface area contributed by atoms with E-state index >= 15 is 0 Å². The molecule has 1 aliphatic carbocycles. The van der Waals surface area contributed by atoms with E-state index in [1.807, 2.05) is 0 Å². The number of benzene rings is 1. The lowest BCUT2D eigenvalue weighted by Gasteiger charge is -2.19. The highest BCUT2D eigenvalue weighted by molar-refractivity contribution is 5.25. The highest BCUT2D eigenvalue weighted by Gasteiger charge is 2.40. The molecule has 1 aromatic carbocycles. The van der Waals surface area contributed by atoms with E-state index in [2.05, 4.69) is 57.3 Å². The van der Waals surface area contributed by atoms with Crippen LogP contribution in [0.3, 0.4) is 0 Å². The van der Waals surface area contributed by atoms with E-state index in [0.717, 1.165) is 5.92 Å². The SMILES string of the molecule is CCC1(CNC(C)c2ccc(CC(C)C)cc2)CC1. The Balaban J connectivity index is 1.86. The average molecular weight is 259 g/mol. The highest BCUT2D eigenvalue weighted by atomic mass is 14.9. The lowest BCUT2D eigenvalue weighted by molar-refractivity contribution is 0.415. The third-order valence-electron chi connectivity index (χ3n) is 4.61. The number of rotatable bonds is 7. The molecular weight excluding hydrogens is 230 g/mol. The topological polar surface area (TPSA) is 12.0 Å². The molecule has 0 bridgehead atoms. The summed E-state index contributed by atoms with van der Waals surface area (Å²) in [7, 11) is 0. The number of hydrogen-bond donors (Lipinski definition) is 1. The third kappa shape index (κ3) is 4.07. The molecule has 0 aliphatic heterocycles. The van der Waals surface area contributed by atoms with Gasteiger partial charge in [0.2, 0.25) is 0 Å². The summed E-state index contributed by atoms with van der Waals surface area (Å²) < 4.78 is 0. The van der Waals surface area contributed by atoms with E-state index in [1.54, 1.807) is 0 Å². The van der Waals surface area contributed by atoms with Gasteiger partial charge in [0.25, 0.3) is 0 Å². The summed E-state index contributed by atoms with van der Waals surface area (Å²) >= 11 is 0. The summed E-state index contributed by atoms with van der Waals surface area (Å²) in [6.07, 6.45) is 5.33. The minimum absolute atomic E-state index is 0.470. The molecule has 106 valence electrons. The summed E-state index contributed by atoms with van der Waals surface area (Å²) in [6, 6.07) is 9.64. The van der Waals surface area contributed by atoms with Crippen molar-refractivity contribution >= 4 is 0 Å². The molecule has 1 N–H and O–H groups in total. The first-order valence-corrected chi connectivity index (χ1v) is 7.87. The van der Waals surface area contributed by atoms with Crippen molar-refractivity contribution in [3.8, 4) is 0 Å². The summed E-state index contributed by atoms with van der Waals surface area (Å²) in [5.41, 5.74) is 3.50. The smallest absolute Gasteiger partial charge is 0.0292 e. The quantitative estimate of drug-likeness (QED) is 0.746. The fourth-order valence-electron chi connectivity index (χ4n) is 2.73. The van der Waals surface area contributed by atoms with E-state index < -0.39 is 0 Å². The molecular formula is C18H29N. The Bertz CT molecular complexity index is 387. The van der Waals surface area contributed by atoms with Crippen molar-refractivity contribution in [1.82, 2.24) is 5.32 Å². The van der Waals surface area contributed by atoms with E-state index in [1.165, 1.54) is 43.4 Å². The van der Waals surface area contributed by atoms with Crippen LogP contribution in [0.5, 0.6) is 0 Å². The third-order valence-corrected chi connectivity index (χ3v) is 4.61. The second-order valence-corrected chi connectivity index (χ2v) is 6.80. The number of hydrogen-bond acceptors (Lipinski definition) is 1. The molecule has 2 rings (SSSR count). The summed E-state index contributed by atoms with van der Waals surface area (Å²) in [5, 5.41) is 3.71. The standard InChI is InChI=1S/C18H29N/c1-5-18(10-11-18)13-19-15(4)17-8-6-16(7-9-17)12-14(2)3/h6-9,14-15,19H,5,10-13H2,1-4H3. The van der Waals surface area contributed by atoms with Crippen LogP contribution in [0.4, 0.5) is 0 Å². The van der Waals surface area contributed by atoms with Crippen LogP contribution < -0.4 is 5.32 Å². The second-order valence-electron chi connectivity index (χ2n) is 6.80. The molecule has 0 saturated heterocycles. The molecule has 1 fully saturated rings. The van der Waals surface area contributed by atoms with Crippen LogP contribution in [-0.2, 0) is 6.42 Å². The molecule has 0 heterocycles. The largest absolute Gasteiger partial charge is 0.310 e. The molecule has 0 spiro atoms. The molecule has 1 aromatic rings. The first-order valence-electron chi connectivity index (χ1n) is 7.87. The van der Waals surface area contributed by atoms with Crippen LogP contribution in [0.15, 0.2) is 24.3 Å². The first-order chi connectivity index (χ1) is 9.04. The van der Waals surface area contributed by atoms with Crippen LogP contribution in [0.25, 0.3) is 0 Å². The van der Waals surface area contributed by atoms with Gasteiger partial charge >= 0.3 is 0 Å². The maximum atomic E-state index is 3.71. The number of nitrogens with one attached hydrogen (secondary N) is 1. The Hall–Kier alpha value is -0.820. The fourth-order valence-corrected chi connectivity index (χ4v) is 2.73. The predicted octanol–water partition coefficient (Wildman–Crippen LogP) is 4.73. The first kappa shape index (κ1) is 14.6. The van der Waals surface area contributed by atoms with E-state index in [-0.39, 0.29) is 0 Å². The maximum Gasteiger partial charge on any atom is 0.0292 e. The Labute approximate surface area is 118 Å². The summed E-state index contributed by atoms with van der Waals surface area (Å²) in [6.45, 7) is 10.3. The van der Waals surface area contributed by atoms with Crippen molar-refractivity contribution in [2.24, 2.45) is 11.3 Å². The van der Waals surface area contributed by atoms with E-state index in [0.29, 0.717) is 11.5 Å². The Kier molecular flexibility index (Phi) is 4.67. The van der Waals surface area contributed by atoms with Crippen molar-refractivity contribution in [3.63, 3.8) is 0 Å². The molecule has 1 aliphatic rings. The fraction of sp³-hybridized carbons (Fsp3) is 0.667. The molecule has 19 heavy (non-hydrogen) atoms. The van der Waals surface area contributed by atoms with Gasteiger partial charge in [0.05, 0.1) is 0 Å². The van der Waals surface area contributed by atoms with Gasteiger partial charge in [0, 0.05) is 12.6 Å². The van der Waals surface area contributed by atoms with Gasteiger partial charge in [-0.1, -0.05) is 45.0 Å². The zero-order valence-electron chi connectivity index (χ0n) is 13.0. The lowest BCUT2D eigenvalue weighted by atomic mass is 9.99. The Morgan fingerprint density at radius 3 is 2.21 bits per heavy atom. The Morgan fingerprint density at radius 2 is 1.74 bits per heavy atom. The van der Waals surface area contributed by atoms with Crippen LogP contribution in [0, 0.1) is 11.3 Å². The summed E-state index contributed by atoms with van der Waals surface area (Å²) in [4.78, 5) is 0. The molecule has 1 saturated carbocycles. The molecule has 1 unspecified atom stereocenters. The average Bonchev–Trinajstić information content (AvgIpc) is 3.17. The van der Waals surface area contributed by atoms with Gasteiger partial charge in [0.1, 0.15) is 0 Å². The molecule has 0 amide bonds. The van der Waals surface area contributed by atoms with Crippen molar-refractivity contribution < 1.29 is 0 Å². The van der Waals surface area contributed by atoms with Crippen LogP contribution in [0.1, 0.15) is 64.1 Å². The van der Waals surface area contributed by atoms with Gasteiger partial charge in [-0.25, -0.2) is 0 Å². The monoisotopic (exact) mass is 259 g/mol. The van der Waals surface area contributed by atoms with Crippen molar-refractivity contribution in [2.45, 2.75) is 59.4 Å². The predicted molar refractivity (Wildman–Crippen MR) is 83.4 cm³/mol. The van der Waals surface area contributed by atoms with Crippen molar-refractivity contribution in [2.75, 3.05) is 6.54 Å². The maximum absolute atomic E-state index is 3.71. The molecule has 0 aromatic heterocycles. The lowest BCUT2D eigenvalue weighted by Crippen LogP contribution is -2.26. The van der Waals surface area contributed by atoms with Gasteiger partial charge in [-0.05, 0) is 55.1 Å². The molecule has 1 atom stereocenters. The zero-order chi connectivity index (χ0) is 13.9. The summed E-state index contributed by atoms with van der Waals surface area (Å²) in [5.74, 6) is 0.737. The van der Waals surface area contributed by atoms with Gasteiger partial charge in [-0.15, -0.1) is 0 Å². The van der Waals surface area contributed by atoms with Crippen LogP contribution in [0.2, 0.25) is 0 Å². The van der Waals surface area contributed by atoms with Gasteiger partial charge < -0.3 is 5.32 Å². The van der Waals surface area contributed by atoms with Crippen LogP contribution >= 0.6 is 0 Å². The highest BCUT2D eigenvalue weighted by Crippen LogP contribution is 2.48. The van der Waals surface area contributed by atoms with E-state index in [9.17, 15) is 0 Å². The van der Waals surface area contributed by atoms with Gasteiger partial charge in [-0.3, -0.25) is 0 Å². The van der Waals surface area contributed by atoms with Gasteiger partial charge in [-0.2, -0.15) is 0 Å². The van der Waals surface area contributed by atoms with Gasteiger partial charge in [0.15, 0.2) is 0 Å². The van der Waals surface area contributed by atoms with Crippen molar-refractivity contribution in [1.29, 1.82) is 0 Å². The van der Waals surface area contributed by atoms with E-state index in [4.69, 9.17) is 0 Å². The normalized spacial score (nSPS) is 18.6. The molecule has 0 radical (unpaired) electrons.